The molecule has 0 spiro atoms. The molecule has 0 radical (unpaired) electrons. The Hall–Kier alpha value is -1.72. The van der Waals surface area contributed by atoms with Crippen LogP contribution < -0.4 is 10.1 Å². The predicted molar refractivity (Wildman–Crippen MR) is 83.0 cm³/mol. The van der Waals surface area contributed by atoms with Crippen molar-refractivity contribution >= 4 is 5.91 Å². The fourth-order valence-electron chi connectivity index (χ4n) is 2.10. The molecule has 23 heavy (non-hydrogen) atoms. The molecule has 3 nitrogen and oxygen atoms in total. The molecule has 1 aromatic carbocycles. The molecule has 0 aliphatic carbocycles. The molecule has 1 atom stereocenters. The van der Waals surface area contributed by atoms with Crippen molar-refractivity contribution in [1.29, 1.82) is 0 Å². The van der Waals surface area contributed by atoms with Crippen LogP contribution in [0.25, 0.3) is 0 Å². The lowest BCUT2D eigenvalue weighted by molar-refractivity contribution is -0.274. The van der Waals surface area contributed by atoms with Gasteiger partial charge >= 0.3 is 6.36 Å². The third-order valence-electron chi connectivity index (χ3n) is 3.34. The Balaban J connectivity index is 2.74. The zero-order chi connectivity index (χ0) is 17.7. The van der Waals surface area contributed by atoms with Crippen molar-refractivity contribution < 1.29 is 22.7 Å². The van der Waals surface area contributed by atoms with E-state index >= 15 is 0 Å². The third-order valence-corrected chi connectivity index (χ3v) is 3.34. The molecule has 1 aromatic rings. The molecule has 0 fully saturated rings. The van der Waals surface area contributed by atoms with Crippen molar-refractivity contribution in [2.75, 3.05) is 0 Å². The van der Waals surface area contributed by atoms with Crippen molar-refractivity contribution in [3.05, 3.63) is 29.8 Å². The lowest BCUT2D eigenvalue weighted by atomic mass is 9.90. The van der Waals surface area contributed by atoms with Crippen LogP contribution in [0.3, 0.4) is 0 Å². The molecule has 0 bridgehead atoms. The maximum atomic E-state index is 12.3. The Morgan fingerprint density at radius 3 is 2.43 bits per heavy atom. The SMILES string of the molecule is CC[C@H](NC(=O)CCC(C)(C)C)c1cccc(OC(F)(F)F)c1. The van der Waals surface area contributed by atoms with Crippen LogP contribution in [-0.4, -0.2) is 12.3 Å². The van der Waals surface area contributed by atoms with Gasteiger partial charge in [0.15, 0.2) is 0 Å². The van der Waals surface area contributed by atoms with E-state index in [1.165, 1.54) is 18.2 Å². The molecule has 0 heterocycles. The average molecular weight is 331 g/mol. The smallest absolute Gasteiger partial charge is 0.406 e. The summed E-state index contributed by atoms with van der Waals surface area (Å²) >= 11 is 0. The summed E-state index contributed by atoms with van der Waals surface area (Å²) in [5.41, 5.74) is 0.651. The summed E-state index contributed by atoms with van der Waals surface area (Å²) in [5.74, 6) is -0.383. The summed E-state index contributed by atoms with van der Waals surface area (Å²) in [6.45, 7) is 8.02. The number of ether oxygens (including phenoxy) is 1. The molecule has 1 amide bonds. The topological polar surface area (TPSA) is 38.3 Å². The van der Waals surface area contributed by atoms with Gasteiger partial charge in [-0.3, -0.25) is 4.79 Å². The molecule has 1 N–H and O–H groups in total. The van der Waals surface area contributed by atoms with E-state index in [0.29, 0.717) is 18.4 Å². The summed E-state index contributed by atoms with van der Waals surface area (Å²) in [6, 6.07) is 5.39. The zero-order valence-electron chi connectivity index (χ0n) is 14.0. The number of nitrogens with one attached hydrogen (secondary N) is 1. The Morgan fingerprint density at radius 1 is 1.26 bits per heavy atom. The van der Waals surface area contributed by atoms with Crippen LogP contribution in [-0.2, 0) is 4.79 Å². The number of carbonyl (C=O) groups excluding carboxylic acids is 1. The van der Waals surface area contributed by atoms with Gasteiger partial charge < -0.3 is 10.1 Å². The van der Waals surface area contributed by atoms with Gasteiger partial charge in [0.1, 0.15) is 5.75 Å². The van der Waals surface area contributed by atoms with Gasteiger partial charge in [0.2, 0.25) is 5.91 Å². The normalized spacial score (nSPS) is 13.5. The van der Waals surface area contributed by atoms with Crippen LogP contribution in [0.1, 0.15) is 58.6 Å². The van der Waals surface area contributed by atoms with Crippen molar-refractivity contribution in [1.82, 2.24) is 5.32 Å². The van der Waals surface area contributed by atoms with Crippen LogP contribution in [0.15, 0.2) is 24.3 Å². The number of rotatable bonds is 6. The summed E-state index contributed by atoms with van der Waals surface area (Å²) < 4.78 is 40.8. The van der Waals surface area contributed by atoms with Crippen LogP contribution in [0, 0.1) is 5.41 Å². The van der Waals surface area contributed by atoms with E-state index in [1.54, 1.807) is 6.07 Å². The van der Waals surface area contributed by atoms with Gasteiger partial charge in [0, 0.05) is 6.42 Å². The highest BCUT2D eigenvalue weighted by Gasteiger charge is 2.31. The number of halogens is 3. The summed E-state index contributed by atoms with van der Waals surface area (Å²) in [5, 5.41) is 2.87. The Kier molecular flexibility index (Phi) is 6.47. The maximum Gasteiger partial charge on any atom is 0.573 e. The number of hydrogen-bond acceptors (Lipinski definition) is 2. The highest BCUT2D eigenvalue weighted by atomic mass is 19.4. The molecule has 0 aliphatic heterocycles. The minimum Gasteiger partial charge on any atom is -0.406 e. The van der Waals surface area contributed by atoms with Crippen molar-refractivity contribution in [3.8, 4) is 5.75 Å². The number of amides is 1. The first-order chi connectivity index (χ1) is 10.5. The molecule has 0 aromatic heterocycles. The van der Waals surface area contributed by atoms with E-state index in [1.807, 2.05) is 6.92 Å². The van der Waals surface area contributed by atoms with E-state index in [4.69, 9.17) is 0 Å². The molecule has 0 saturated heterocycles. The second kappa shape index (κ2) is 7.70. The second-order valence-corrected chi connectivity index (χ2v) is 6.71. The first-order valence-corrected chi connectivity index (χ1v) is 7.65. The second-order valence-electron chi connectivity index (χ2n) is 6.71. The van der Waals surface area contributed by atoms with Crippen LogP contribution in [0.4, 0.5) is 13.2 Å². The molecular weight excluding hydrogens is 307 g/mol. The standard InChI is InChI=1S/C17H24F3NO2/c1-5-14(21-15(22)9-10-16(2,3)4)12-7-6-8-13(11-12)23-17(18,19)20/h6-8,11,14H,5,9-10H2,1-4H3,(H,21,22)/t14-/m0/s1. The van der Waals surface area contributed by atoms with Gasteiger partial charge in [-0.25, -0.2) is 0 Å². The number of hydrogen-bond donors (Lipinski definition) is 1. The van der Waals surface area contributed by atoms with Gasteiger partial charge in [0.25, 0.3) is 0 Å². The molecule has 130 valence electrons. The zero-order valence-corrected chi connectivity index (χ0v) is 14.0. The summed E-state index contributed by atoms with van der Waals surface area (Å²) in [6.07, 6.45) is -3.02. The first kappa shape index (κ1) is 19.3. The monoisotopic (exact) mass is 331 g/mol. The van der Waals surface area contributed by atoms with Gasteiger partial charge in [0.05, 0.1) is 6.04 Å². The average Bonchev–Trinajstić information content (AvgIpc) is 2.40. The molecular formula is C17H24F3NO2. The quantitative estimate of drug-likeness (QED) is 0.798. The Bertz CT molecular complexity index is 521. The van der Waals surface area contributed by atoms with Crippen LogP contribution >= 0.6 is 0 Å². The summed E-state index contributed by atoms with van der Waals surface area (Å²) in [4.78, 5) is 12.0. The predicted octanol–water partition coefficient (Wildman–Crippen LogP) is 4.98. The Labute approximate surface area is 135 Å². The lowest BCUT2D eigenvalue weighted by Crippen LogP contribution is -2.29. The van der Waals surface area contributed by atoms with Crippen LogP contribution in [0.5, 0.6) is 5.75 Å². The largest absolute Gasteiger partial charge is 0.573 e. The van der Waals surface area contributed by atoms with Gasteiger partial charge in [-0.1, -0.05) is 39.8 Å². The fourth-order valence-corrected chi connectivity index (χ4v) is 2.10. The van der Waals surface area contributed by atoms with Gasteiger partial charge in [-0.15, -0.1) is 13.2 Å². The molecule has 6 heteroatoms. The summed E-state index contributed by atoms with van der Waals surface area (Å²) in [7, 11) is 0. The third kappa shape index (κ3) is 7.90. The minimum atomic E-state index is -4.73. The van der Waals surface area contributed by atoms with Crippen LogP contribution in [0.2, 0.25) is 0 Å². The fraction of sp³-hybridized carbons (Fsp3) is 0.588. The van der Waals surface area contributed by atoms with E-state index < -0.39 is 6.36 Å². The lowest BCUT2D eigenvalue weighted by Gasteiger charge is -2.21. The van der Waals surface area contributed by atoms with E-state index in [9.17, 15) is 18.0 Å². The molecule has 0 unspecified atom stereocenters. The highest BCUT2D eigenvalue weighted by Crippen LogP contribution is 2.27. The minimum absolute atomic E-state index is 0.0551. The van der Waals surface area contributed by atoms with E-state index in [-0.39, 0.29) is 23.1 Å². The van der Waals surface area contributed by atoms with E-state index in [0.717, 1.165) is 6.42 Å². The van der Waals surface area contributed by atoms with Crippen molar-refractivity contribution in [3.63, 3.8) is 0 Å². The van der Waals surface area contributed by atoms with E-state index in [2.05, 4.69) is 30.8 Å². The Morgan fingerprint density at radius 2 is 1.91 bits per heavy atom. The van der Waals surface area contributed by atoms with Crippen molar-refractivity contribution in [2.45, 2.75) is 59.4 Å². The molecule has 0 saturated carbocycles. The number of carbonyl (C=O) groups is 1. The maximum absolute atomic E-state index is 12.3. The van der Waals surface area contributed by atoms with Gasteiger partial charge in [-0.05, 0) is 36.0 Å². The number of alkyl halides is 3. The molecule has 1 rings (SSSR count). The first-order valence-electron chi connectivity index (χ1n) is 7.65. The van der Waals surface area contributed by atoms with Gasteiger partial charge in [-0.2, -0.15) is 0 Å². The highest BCUT2D eigenvalue weighted by molar-refractivity contribution is 5.76. The molecule has 0 aliphatic rings. The van der Waals surface area contributed by atoms with Crippen molar-refractivity contribution in [2.24, 2.45) is 5.41 Å². The number of benzene rings is 1.